The van der Waals surface area contributed by atoms with Gasteiger partial charge in [-0.15, -0.1) is 0 Å². The van der Waals surface area contributed by atoms with Crippen molar-refractivity contribution in [3.05, 3.63) is 12.2 Å². The van der Waals surface area contributed by atoms with Crippen LogP contribution in [-0.2, 0) is 14.3 Å². The molecule has 0 rings (SSSR count). The molecule has 2 atom stereocenters. The number of amides is 1. The summed E-state index contributed by atoms with van der Waals surface area (Å²) in [4.78, 5) is 24.6. The van der Waals surface area contributed by atoms with E-state index in [-0.39, 0.29) is 18.5 Å². The van der Waals surface area contributed by atoms with Gasteiger partial charge in [-0.1, -0.05) is 289 Å². The predicted molar refractivity (Wildman–Crippen MR) is 292 cm³/mol. The van der Waals surface area contributed by atoms with Gasteiger partial charge in [-0.05, 0) is 51.4 Å². The number of esters is 1. The summed E-state index contributed by atoms with van der Waals surface area (Å²) in [5, 5.41) is 23.4. The minimum Gasteiger partial charge on any atom is -0.466 e. The number of aliphatic hydroxyl groups is 2. The van der Waals surface area contributed by atoms with Gasteiger partial charge >= 0.3 is 5.97 Å². The molecule has 0 saturated heterocycles. The highest BCUT2D eigenvalue weighted by Gasteiger charge is 2.20. The van der Waals surface area contributed by atoms with Gasteiger partial charge in [0.1, 0.15) is 0 Å². The lowest BCUT2D eigenvalue weighted by Crippen LogP contribution is -2.45. The topological polar surface area (TPSA) is 95.9 Å². The van der Waals surface area contributed by atoms with Crippen LogP contribution in [0, 0.1) is 0 Å². The number of ether oxygens (including phenoxy) is 1. The third-order valence-corrected chi connectivity index (χ3v) is 14.3. The number of carbonyl (C=O) groups excluding carboxylic acids is 2. The van der Waals surface area contributed by atoms with Crippen LogP contribution in [-0.4, -0.2) is 47.4 Å². The molecule has 0 aliphatic heterocycles. The first-order valence-electron chi connectivity index (χ1n) is 30.4. The molecule has 1 amide bonds. The molecule has 0 heterocycles. The quantitative estimate of drug-likeness (QED) is 0.0321. The van der Waals surface area contributed by atoms with Gasteiger partial charge in [0.2, 0.25) is 5.91 Å². The van der Waals surface area contributed by atoms with E-state index in [0.29, 0.717) is 25.9 Å². The lowest BCUT2D eigenvalue weighted by Gasteiger charge is -2.22. The Morgan fingerprint density at radius 1 is 0.403 bits per heavy atom. The molecule has 0 aliphatic carbocycles. The highest BCUT2D eigenvalue weighted by Crippen LogP contribution is 2.18. The minimum atomic E-state index is -0.677. The number of allylic oxidation sites excluding steroid dienone is 2. The van der Waals surface area contributed by atoms with E-state index in [1.807, 2.05) is 0 Å². The van der Waals surface area contributed by atoms with Crippen LogP contribution < -0.4 is 5.32 Å². The van der Waals surface area contributed by atoms with Gasteiger partial charge in [-0.2, -0.15) is 0 Å². The molecule has 0 bridgehead atoms. The Hall–Kier alpha value is -1.40. The average Bonchev–Trinajstić information content (AvgIpc) is 3.33. The number of nitrogens with one attached hydrogen (secondary N) is 1. The number of aliphatic hydroxyl groups excluding tert-OH is 2. The number of hydrogen-bond donors (Lipinski definition) is 3. The number of carbonyl (C=O) groups is 2. The largest absolute Gasteiger partial charge is 0.466 e. The SMILES string of the molecule is CCCCCCCC/C=C\CCCCCCCCCC(=O)OCCCCCCCCCCCCCC(=O)NC(CO)C(O)CCCCCCCCCCCCCCCCCCCCCCCC. The van der Waals surface area contributed by atoms with Crippen molar-refractivity contribution in [2.75, 3.05) is 13.2 Å². The van der Waals surface area contributed by atoms with E-state index in [1.54, 1.807) is 0 Å². The fraction of sp³-hybridized carbons (Fsp3) is 0.934. The van der Waals surface area contributed by atoms with Gasteiger partial charge in [-0.3, -0.25) is 9.59 Å². The molecular weight excluding hydrogens is 827 g/mol. The summed E-state index contributed by atoms with van der Waals surface area (Å²) in [6, 6.07) is -0.556. The molecule has 6 nitrogen and oxygen atoms in total. The summed E-state index contributed by atoms with van der Waals surface area (Å²) in [5.74, 6) is -0.0656. The van der Waals surface area contributed by atoms with Gasteiger partial charge in [-0.25, -0.2) is 0 Å². The van der Waals surface area contributed by atoms with Crippen molar-refractivity contribution in [2.45, 2.75) is 353 Å². The normalized spacial score (nSPS) is 12.6. The zero-order chi connectivity index (χ0) is 48.6. The maximum absolute atomic E-state index is 12.5. The van der Waals surface area contributed by atoms with Crippen molar-refractivity contribution >= 4 is 11.9 Å². The van der Waals surface area contributed by atoms with Crippen molar-refractivity contribution in [1.82, 2.24) is 5.32 Å². The molecule has 0 aromatic rings. The molecule has 0 aliphatic rings. The Bertz CT molecular complexity index is 1000. The van der Waals surface area contributed by atoms with E-state index in [9.17, 15) is 19.8 Å². The van der Waals surface area contributed by atoms with Gasteiger partial charge < -0.3 is 20.3 Å². The van der Waals surface area contributed by atoms with Gasteiger partial charge in [0.05, 0.1) is 25.4 Å². The van der Waals surface area contributed by atoms with Crippen LogP contribution >= 0.6 is 0 Å². The van der Waals surface area contributed by atoms with Crippen LogP contribution in [0.2, 0.25) is 0 Å². The van der Waals surface area contributed by atoms with Gasteiger partial charge in [0.15, 0.2) is 0 Å². The first kappa shape index (κ1) is 65.6. The lowest BCUT2D eigenvalue weighted by molar-refractivity contribution is -0.143. The molecule has 0 radical (unpaired) electrons. The second-order valence-electron chi connectivity index (χ2n) is 21.0. The van der Waals surface area contributed by atoms with Crippen LogP contribution in [0.15, 0.2) is 12.2 Å². The van der Waals surface area contributed by atoms with E-state index in [1.165, 1.54) is 250 Å². The van der Waals surface area contributed by atoms with Crippen molar-refractivity contribution in [2.24, 2.45) is 0 Å². The zero-order valence-electron chi connectivity index (χ0n) is 45.4. The number of rotatable bonds is 57. The molecule has 2 unspecified atom stereocenters. The van der Waals surface area contributed by atoms with Crippen LogP contribution in [0.3, 0.4) is 0 Å². The highest BCUT2D eigenvalue weighted by atomic mass is 16.5. The summed E-state index contributed by atoms with van der Waals surface area (Å²) in [6.45, 7) is 4.93. The van der Waals surface area contributed by atoms with Crippen molar-refractivity contribution in [1.29, 1.82) is 0 Å². The smallest absolute Gasteiger partial charge is 0.305 e. The lowest BCUT2D eigenvalue weighted by atomic mass is 10.0. The second-order valence-corrected chi connectivity index (χ2v) is 21.0. The van der Waals surface area contributed by atoms with Crippen LogP contribution in [0.25, 0.3) is 0 Å². The Morgan fingerprint density at radius 3 is 1.06 bits per heavy atom. The molecule has 0 spiro atoms. The van der Waals surface area contributed by atoms with Crippen LogP contribution in [0.5, 0.6) is 0 Å². The first-order valence-corrected chi connectivity index (χ1v) is 30.4. The van der Waals surface area contributed by atoms with Crippen LogP contribution in [0.4, 0.5) is 0 Å². The molecule has 0 aromatic carbocycles. The summed E-state index contributed by atoms with van der Waals surface area (Å²) >= 11 is 0. The van der Waals surface area contributed by atoms with Gasteiger partial charge in [0, 0.05) is 12.8 Å². The Labute approximate surface area is 419 Å². The Morgan fingerprint density at radius 2 is 0.701 bits per heavy atom. The summed E-state index contributed by atoms with van der Waals surface area (Å²) in [5.41, 5.74) is 0. The predicted octanol–water partition coefficient (Wildman–Crippen LogP) is 18.9. The summed E-state index contributed by atoms with van der Waals surface area (Å²) < 4.78 is 5.48. The highest BCUT2D eigenvalue weighted by molar-refractivity contribution is 5.76. The van der Waals surface area contributed by atoms with E-state index in [4.69, 9.17) is 4.74 Å². The molecule has 398 valence electrons. The van der Waals surface area contributed by atoms with Crippen molar-refractivity contribution in [3.63, 3.8) is 0 Å². The first-order chi connectivity index (χ1) is 33.0. The number of unbranched alkanes of at least 4 members (excludes halogenated alkanes) is 44. The standard InChI is InChI=1S/C61H119NO5/c1-3-5-7-9-11-13-15-17-19-21-22-23-24-25-27-28-30-33-37-41-45-49-53-59(64)58(57-63)62-60(65)54-50-46-42-38-34-32-36-40-44-48-52-56-67-61(66)55-51-47-43-39-35-31-29-26-20-18-16-14-12-10-8-6-4-2/h18,20,58-59,63-64H,3-17,19,21-57H2,1-2H3,(H,62,65)/b20-18-. The van der Waals surface area contributed by atoms with E-state index >= 15 is 0 Å². The molecule has 0 aromatic heterocycles. The molecule has 6 heteroatoms. The van der Waals surface area contributed by atoms with E-state index < -0.39 is 12.1 Å². The fourth-order valence-electron chi connectivity index (χ4n) is 9.64. The van der Waals surface area contributed by atoms with Gasteiger partial charge in [0.25, 0.3) is 0 Å². The number of hydrogen-bond acceptors (Lipinski definition) is 5. The van der Waals surface area contributed by atoms with E-state index in [0.717, 1.165) is 57.8 Å². The third kappa shape index (κ3) is 53.8. The molecule has 67 heavy (non-hydrogen) atoms. The summed E-state index contributed by atoms with van der Waals surface area (Å²) in [6.07, 6.45) is 67.8. The molecule has 0 fully saturated rings. The molecule has 0 saturated carbocycles. The fourth-order valence-corrected chi connectivity index (χ4v) is 9.64. The minimum absolute atomic E-state index is 0.0156. The van der Waals surface area contributed by atoms with Crippen molar-refractivity contribution < 1.29 is 24.5 Å². The van der Waals surface area contributed by atoms with Crippen molar-refractivity contribution in [3.8, 4) is 0 Å². The van der Waals surface area contributed by atoms with E-state index in [2.05, 4.69) is 31.3 Å². The maximum Gasteiger partial charge on any atom is 0.305 e. The molecular formula is C61H119NO5. The molecule has 3 N–H and O–H groups in total. The zero-order valence-corrected chi connectivity index (χ0v) is 45.4. The third-order valence-electron chi connectivity index (χ3n) is 14.3. The summed E-state index contributed by atoms with van der Waals surface area (Å²) in [7, 11) is 0. The average molecular weight is 947 g/mol. The maximum atomic E-state index is 12.5. The monoisotopic (exact) mass is 946 g/mol. The Balaban J connectivity index is 3.44. The Kier molecular flexibility index (Phi) is 56.0. The van der Waals surface area contributed by atoms with Crippen LogP contribution in [0.1, 0.15) is 341 Å². The second kappa shape index (κ2) is 57.2.